The van der Waals surface area contributed by atoms with Crippen molar-refractivity contribution in [2.75, 3.05) is 11.9 Å². The van der Waals surface area contributed by atoms with Crippen LogP contribution in [0.3, 0.4) is 0 Å². The van der Waals surface area contributed by atoms with Gasteiger partial charge in [0, 0.05) is 19.0 Å². The third kappa shape index (κ3) is 3.92. The smallest absolute Gasteiger partial charge is 0.303 e. The van der Waals surface area contributed by atoms with Gasteiger partial charge in [0.1, 0.15) is 5.69 Å². The van der Waals surface area contributed by atoms with Gasteiger partial charge in [0.25, 0.3) is 5.69 Å². The first kappa shape index (κ1) is 13.2. The molecule has 0 aliphatic carbocycles. The van der Waals surface area contributed by atoms with E-state index in [2.05, 4.69) is 5.32 Å². The Bertz CT molecular complexity index is 436. The Morgan fingerprint density at radius 2 is 2.24 bits per heavy atom. The molecule has 0 unspecified atom stereocenters. The SMILES string of the molecule is O=C(O)CCCNc1c(Cl)cccc1[N+](=O)[O-]. The molecule has 0 heterocycles. The van der Waals surface area contributed by atoms with Crippen LogP contribution >= 0.6 is 11.6 Å². The molecular weight excluding hydrogens is 248 g/mol. The lowest BCUT2D eigenvalue weighted by molar-refractivity contribution is -0.383. The topological polar surface area (TPSA) is 92.5 Å². The van der Waals surface area contributed by atoms with E-state index in [1.807, 2.05) is 0 Å². The van der Waals surface area contributed by atoms with Crippen molar-refractivity contribution in [2.45, 2.75) is 12.8 Å². The number of benzene rings is 1. The van der Waals surface area contributed by atoms with E-state index < -0.39 is 10.9 Å². The number of para-hydroxylation sites is 1. The fraction of sp³-hybridized carbons (Fsp3) is 0.300. The Kier molecular flexibility index (Phi) is 4.71. The molecule has 7 heteroatoms. The monoisotopic (exact) mass is 258 g/mol. The predicted molar refractivity (Wildman–Crippen MR) is 63.5 cm³/mol. The Morgan fingerprint density at radius 1 is 1.53 bits per heavy atom. The number of carbonyl (C=O) groups is 1. The van der Waals surface area contributed by atoms with E-state index in [0.29, 0.717) is 13.0 Å². The van der Waals surface area contributed by atoms with Crippen LogP contribution in [0.5, 0.6) is 0 Å². The zero-order valence-electron chi connectivity index (χ0n) is 8.85. The minimum absolute atomic E-state index is 0.00521. The molecular formula is C10H11ClN2O4. The number of rotatable bonds is 6. The number of nitro benzene ring substituents is 1. The quantitative estimate of drug-likeness (QED) is 0.465. The van der Waals surface area contributed by atoms with Gasteiger partial charge in [-0.25, -0.2) is 0 Å². The van der Waals surface area contributed by atoms with Crippen LogP contribution in [0.1, 0.15) is 12.8 Å². The molecule has 0 aliphatic heterocycles. The fourth-order valence-electron chi connectivity index (χ4n) is 1.29. The van der Waals surface area contributed by atoms with Crippen molar-refractivity contribution in [2.24, 2.45) is 0 Å². The van der Waals surface area contributed by atoms with E-state index in [9.17, 15) is 14.9 Å². The molecule has 0 spiro atoms. The Morgan fingerprint density at radius 3 is 2.82 bits per heavy atom. The van der Waals surface area contributed by atoms with Crippen LogP contribution in [0, 0.1) is 10.1 Å². The average molecular weight is 259 g/mol. The second kappa shape index (κ2) is 6.05. The average Bonchev–Trinajstić information content (AvgIpc) is 2.25. The van der Waals surface area contributed by atoms with Crippen molar-refractivity contribution in [3.05, 3.63) is 33.3 Å². The summed E-state index contributed by atoms with van der Waals surface area (Å²) in [5, 5.41) is 22.2. The van der Waals surface area contributed by atoms with Gasteiger partial charge in [-0.3, -0.25) is 14.9 Å². The van der Waals surface area contributed by atoms with E-state index in [1.165, 1.54) is 18.2 Å². The summed E-state index contributed by atoms with van der Waals surface area (Å²) in [4.78, 5) is 20.5. The lowest BCUT2D eigenvalue weighted by Crippen LogP contribution is -2.07. The predicted octanol–water partition coefficient (Wildman–Crippen LogP) is 2.52. The van der Waals surface area contributed by atoms with Crippen LogP contribution in [0.2, 0.25) is 5.02 Å². The summed E-state index contributed by atoms with van der Waals surface area (Å²) in [7, 11) is 0. The summed E-state index contributed by atoms with van der Waals surface area (Å²) >= 11 is 5.83. The number of aliphatic carboxylic acids is 1. The normalized spacial score (nSPS) is 9.94. The van der Waals surface area contributed by atoms with E-state index in [4.69, 9.17) is 16.7 Å². The molecule has 6 nitrogen and oxygen atoms in total. The van der Waals surface area contributed by atoms with Crippen molar-refractivity contribution in [3.8, 4) is 0 Å². The van der Waals surface area contributed by atoms with Crippen LogP contribution in [0.4, 0.5) is 11.4 Å². The molecule has 0 atom stereocenters. The summed E-state index contributed by atoms with van der Waals surface area (Å²) in [5.74, 6) is -0.902. The summed E-state index contributed by atoms with van der Waals surface area (Å²) in [5.41, 5.74) is 0.109. The van der Waals surface area contributed by atoms with Crippen molar-refractivity contribution in [3.63, 3.8) is 0 Å². The molecule has 0 aliphatic rings. The first-order valence-corrected chi connectivity index (χ1v) is 5.28. The molecule has 1 rings (SSSR count). The molecule has 0 fully saturated rings. The van der Waals surface area contributed by atoms with Gasteiger partial charge in [0.2, 0.25) is 0 Å². The zero-order chi connectivity index (χ0) is 12.8. The zero-order valence-corrected chi connectivity index (χ0v) is 9.61. The van der Waals surface area contributed by atoms with E-state index in [0.717, 1.165) is 0 Å². The maximum absolute atomic E-state index is 10.7. The Hall–Kier alpha value is -1.82. The molecule has 0 aromatic heterocycles. The summed E-state index contributed by atoms with van der Waals surface area (Å²) in [6, 6.07) is 4.36. The van der Waals surface area contributed by atoms with Gasteiger partial charge in [0.15, 0.2) is 0 Å². The van der Waals surface area contributed by atoms with Crippen molar-refractivity contribution in [1.29, 1.82) is 0 Å². The molecule has 2 N–H and O–H groups in total. The number of halogens is 1. The van der Waals surface area contributed by atoms with Gasteiger partial charge in [-0.15, -0.1) is 0 Å². The van der Waals surface area contributed by atoms with Crippen molar-refractivity contribution >= 4 is 28.9 Å². The van der Waals surface area contributed by atoms with Gasteiger partial charge >= 0.3 is 5.97 Å². The number of carboxylic acids is 1. The molecule has 92 valence electrons. The van der Waals surface area contributed by atoms with Crippen LogP contribution in [-0.4, -0.2) is 22.5 Å². The van der Waals surface area contributed by atoms with Gasteiger partial charge < -0.3 is 10.4 Å². The number of hydrogen-bond acceptors (Lipinski definition) is 4. The van der Waals surface area contributed by atoms with E-state index >= 15 is 0 Å². The first-order valence-electron chi connectivity index (χ1n) is 4.91. The van der Waals surface area contributed by atoms with Crippen LogP contribution in [0.15, 0.2) is 18.2 Å². The minimum atomic E-state index is -0.902. The second-order valence-corrected chi connectivity index (χ2v) is 3.72. The number of anilines is 1. The highest BCUT2D eigenvalue weighted by Gasteiger charge is 2.15. The minimum Gasteiger partial charge on any atom is -0.481 e. The Balaban J connectivity index is 2.69. The first-order chi connectivity index (χ1) is 8.02. The maximum atomic E-state index is 10.7. The molecule has 0 saturated heterocycles. The molecule has 1 aromatic rings. The lowest BCUT2D eigenvalue weighted by atomic mass is 10.2. The summed E-state index contributed by atoms with van der Waals surface area (Å²) < 4.78 is 0. The number of nitrogens with zero attached hydrogens (tertiary/aromatic N) is 1. The molecule has 0 radical (unpaired) electrons. The highest BCUT2D eigenvalue weighted by Crippen LogP contribution is 2.31. The molecule has 0 saturated carbocycles. The third-order valence-corrected chi connectivity index (χ3v) is 2.37. The van der Waals surface area contributed by atoms with Crippen molar-refractivity contribution in [1.82, 2.24) is 0 Å². The van der Waals surface area contributed by atoms with Gasteiger partial charge in [0.05, 0.1) is 9.95 Å². The fourth-order valence-corrected chi connectivity index (χ4v) is 1.53. The van der Waals surface area contributed by atoms with Crippen LogP contribution < -0.4 is 5.32 Å². The standard InChI is InChI=1S/C10H11ClN2O4/c11-7-3-1-4-8(13(16)17)10(7)12-6-2-5-9(14)15/h1,3-4,12H,2,5-6H2,(H,14,15). The highest BCUT2D eigenvalue weighted by molar-refractivity contribution is 6.33. The van der Waals surface area contributed by atoms with E-state index in [-0.39, 0.29) is 22.8 Å². The second-order valence-electron chi connectivity index (χ2n) is 3.32. The number of nitro groups is 1. The van der Waals surface area contributed by atoms with Crippen LogP contribution in [0.25, 0.3) is 0 Å². The van der Waals surface area contributed by atoms with Crippen molar-refractivity contribution < 1.29 is 14.8 Å². The molecule has 0 amide bonds. The van der Waals surface area contributed by atoms with Gasteiger partial charge in [-0.2, -0.15) is 0 Å². The number of nitrogens with one attached hydrogen (secondary N) is 1. The van der Waals surface area contributed by atoms with Gasteiger partial charge in [-0.05, 0) is 12.5 Å². The summed E-state index contributed by atoms with van der Waals surface area (Å²) in [6.07, 6.45) is 0.378. The molecule has 17 heavy (non-hydrogen) atoms. The third-order valence-electron chi connectivity index (χ3n) is 2.06. The molecule has 0 bridgehead atoms. The van der Waals surface area contributed by atoms with E-state index in [1.54, 1.807) is 0 Å². The molecule has 1 aromatic carbocycles. The highest BCUT2D eigenvalue weighted by atomic mass is 35.5. The lowest BCUT2D eigenvalue weighted by Gasteiger charge is -2.07. The number of carboxylic acid groups (broad SMARTS) is 1. The maximum Gasteiger partial charge on any atom is 0.303 e. The summed E-state index contributed by atoms with van der Waals surface area (Å²) in [6.45, 7) is 0.316. The Labute approximate surface area is 102 Å². The van der Waals surface area contributed by atoms with Crippen LogP contribution in [-0.2, 0) is 4.79 Å². The number of hydrogen-bond donors (Lipinski definition) is 2. The van der Waals surface area contributed by atoms with Gasteiger partial charge in [-0.1, -0.05) is 17.7 Å². The largest absolute Gasteiger partial charge is 0.481 e.